The summed E-state index contributed by atoms with van der Waals surface area (Å²) < 4.78 is 33.9. The van der Waals surface area contributed by atoms with Crippen molar-refractivity contribution in [3.63, 3.8) is 0 Å². The summed E-state index contributed by atoms with van der Waals surface area (Å²) in [7, 11) is 0. The highest BCUT2D eigenvalue weighted by atomic mass is 19.4. The Morgan fingerprint density at radius 3 is 2.47 bits per heavy atom. The maximum absolute atomic E-state index is 11.9. The Morgan fingerprint density at radius 1 is 1.16 bits per heavy atom. The molecule has 0 spiro atoms. The monoisotopic (exact) mass is 452 g/mol. The molecule has 1 aliphatic carbocycles. The minimum atomic E-state index is -5.08. The first-order valence-corrected chi connectivity index (χ1v) is 10.6. The first-order valence-electron chi connectivity index (χ1n) is 10.6. The number of carboxylic acids is 1. The van der Waals surface area contributed by atoms with E-state index >= 15 is 0 Å². The van der Waals surface area contributed by atoms with Gasteiger partial charge in [-0.15, -0.1) is 0 Å². The number of nitrogens with one attached hydrogen (secondary N) is 1. The van der Waals surface area contributed by atoms with Crippen molar-refractivity contribution in [3.05, 3.63) is 53.9 Å². The van der Waals surface area contributed by atoms with Crippen molar-refractivity contribution in [1.82, 2.24) is 20.0 Å². The molecule has 7 nitrogen and oxygen atoms in total. The molecule has 2 heterocycles. The number of aliphatic carboxylic acids is 1. The molecule has 32 heavy (non-hydrogen) atoms. The quantitative estimate of drug-likeness (QED) is 0.673. The fraction of sp³-hybridized carbons (Fsp3) is 0.500. The van der Waals surface area contributed by atoms with Crippen molar-refractivity contribution in [2.45, 2.75) is 51.0 Å². The SMILES string of the molecule is O=C(CC1CC1)NCCC1CN(Cc2ccccc2)Cc2ccnn21.O=C(O)C(F)(F)F. The first kappa shape index (κ1) is 23.8. The molecule has 1 fully saturated rings. The Hall–Kier alpha value is -2.88. The van der Waals surface area contributed by atoms with Crippen molar-refractivity contribution in [2.24, 2.45) is 5.92 Å². The van der Waals surface area contributed by atoms with Gasteiger partial charge < -0.3 is 10.4 Å². The third-order valence-corrected chi connectivity index (χ3v) is 5.41. The van der Waals surface area contributed by atoms with Crippen LogP contribution in [0.1, 0.15) is 43.0 Å². The van der Waals surface area contributed by atoms with E-state index in [9.17, 15) is 18.0 Å². The van der Waals surface area contributed by atoms with Gasteiger partial charge in [-0.05, 0) is 36.8 Å². The number of alkyl halides is 3. The Kier molecular flexibility index (Phi) is 7.89. The average molecular weight is 452 g/mol. The number of amides is 1. The number of benzene rings is 1. The molecule has 174 valence electrons. The van der Waals surface area contributed by atoms with E-state index in [0.29, 0.717) is 18.4 Å². The molecule has 4 rings (SSSR count). The number of hydrogen-bond donors (Lipinski definition) is 2. The lowest BCUT2D eigenvalue weighted by atomic mass is 10.1. The van der Waals surface area contributed by atoms with Crippen LogP contribution in [0, 0.1) is 5.92 Å². The fourth-order valence-corrected chi connectivity index (χ4v) is 3.67. The van der Waals surface area contributed by atoms with Crippen LogP contribution in [-0.2, 0) is 22.7 Å². The van der Waals surface area contributed by atoms with E-state index < -0.39 is 12.1 Å². The lowest BCUT2D eigenvalue weighted by Gasteiger charge is -2.34. The number of carboxylic acid groups (broad SMARTS) is 1. The minimum absolute atomic E-state index is 0.208. The van der Waals surface area contributed by atoms with E-state index in [-0.39, 0.29) is 5.91 Å². The summed E-state index contributed by atoms with van der Waals surface area (Å²) in [6.45, 7) is 3.59. The number of carbonyl (C=O) groups excluding carboxylic acids is 1. The molecular weight excluding hydrogens is 425 g/mol. The van der Waals surface area contributed by atoms with Gasteiger partial charge in [0.1, 0.15) is 0 Å². The second-order valence-electron chi connectivity index (χ2n) is 8.17. The lowest BCUT2D eigenvalue weighted by Crippen LogP contribution is -2.39. The summed E-state index contributed by atoms with van der Waals surface area (Å²) >= 11 is 0. The van der Waals surface area contributed by atoms with Crippen molar-refractivity contribution >= 4 is 11.9 Å². The predicted octanol–water partition coefficient (Wildman–Crippen LogP) is 3.38. The van der Waals surface area contributed by atoms with Crippen molar-refractivity contribution in [1.29, 1.82) is 0 Å². The van der Waals surface area contributed by atoms with Gasteiger partial charge in [-0.1, -0.05) is 30.3 Å². The van der Waals surface area contributed by atoms with E-state index in [4.69, 9.17) is 9.90 Å². The number of aromatic nitrogens is 2. The second-order valence-corrected chi connectivity index (χ2v) is 8.17. The molecule has 0 bridgehead atoms. The number of nitrogens with zero attached hydrogens (tertiary/aromatic N) is 3. The third kappa shape index (κ3) is 7.37. The number of halogens is 3. The smallest absolute Gasteiger partial charge is 0.475 e. The number of rotatable bonds is 7. The van der Waals surface area contributed by atoms with E-state index in [0.717, 1.165) is 32.6 Å². The van der Waals surface area contributed by atoms with Crippen LogP contribution in [0.15, 0.2) is 42.6 Å². The van der Waals surface area contributed by atoms with Crippen LogP contribution < -0.4 is 5.32 Å². The van der Waals surface area contributed by atoms with Crippen molar-refractivity contribution < 1.29 is 27.9 Å². The molecule has 1 aromatic carbocycles. The van der Waals surface area contributed by atoms with Crippen LogP contribution >= 0.6 is 0 Å². The summed E-state index contributed by atoms with van der Waals surface area (Å²) in [5, 5.41) is 14.7. The molecule has 2 aromatic rings. The average Bonchev–Trinajstić information content (AvgIpc) is 3.41. The molecule has 2 N–H and O–H groups in total. The minimum Gasteiger partial charge on any atom is -0.475 e. The molecule has 10 heteroatoms. The summed E-state index contributed by atoms with van der Waals surface area (Å²) in [6.07, 6.45) is 0.885. The molecule has 1 amide bonds. The highest BCUT2D eigenvalue weighted by Crippen LogP contribution is 2.32. The van der Waals surface area contributed by atoms with E-state index in [2.05, 4.69) is 56.4 Å². The van der Waals surface area contributed by atoms with Crippen LogP contribution in [0.4, 0.5) is 13.2 Å². The standard InChI is InChI=1S/C20H26N4O.C2HF3O2/c25-20(12-16-6-7-16)21-10-8-18-14-23(13-17-4-2-1-3-5-17)15-19-9-11-22-24(18)19;3-2(4,5)1(6)7/h1-5,9,11,16,18H,6-8,10,12-15H2,(H,21,25);(H,6,7). The predicted molar refractivity (Wildman–Crippen MR) is 110 cm³/mol. The maximum Gasteiger partial charge on any atom is 0.490 e. The molecule has 1 unspecified atom stereocenters. The summed E-state index contributed by atoms with van der Waals surface area (Å²) in [6, 6.07) is 13.0. The van der Waals surface area contributed by atoms with Crippen molar-refractivity contribution in [2.75, 3.05) is 13.1 Å². The maximum atomic E-state index is 11.9. The van der Waals surface area contributed by atoms with Gasteiger partial charge in [-0.2, -0.15) is 18.3 Å². The van der Waals surface area contributed by atoms with E-state index in [1.807, 2.05) is 6.20 Å². The normalized spacial score (nSPS) is 18.3. The van der Waals surface area contributed by atoms with Crippen LogP contribution in [0.3, 0.4) is 0 Å². The van der Waals surface area contributed by atoms with Gasteiger partial charge in [-0.25, -0.2) is 4.79 Å². The fourth-order valence-electron chi connectivity index (χ4n) is 3.67. The van der Waals surface area contributed by atoms with Gasteiger partial charge in [0.2, 0.25) is 5.91 Å². The second kappa shape index (κ2) is 10.6. The Morgan fingerprint density at radius 2 is 1.84 bits per heavy atom. The number of fused-ring (bicyclic) bond motifs is 1. The Bertz CT molecular complexity index is 897. The largest absolute Gasteiger partial charge is 0.490 e. The first-order chi connectivity index (χ1) is 15.2. The lowest BCUT2D eigenvalue weighted by molar-refractivity contribution is -0.192. The molecule has 1 atom stereocenters. The zero-order valence-electron chi connectivity index (χ0n) is 17.6. The zero-order chi connectivity index (χ0) is 23.1. The third-order valence-electron chi connectivity index (χ3n) is 5.41. The van der Waals surface area contributed by atoms with Crippen LogP contribution in [0.2, 0.25) is 0 Å². The molecule has 2 aliphatic rings. The topological polar surface area (TPSA) is 87.5 Å². The van der Waals surface area contributed by atoms with Gasteiger partial charge >= 0.3 is 12.1 Å². The molecule has 1 saturated carbocycles. The molecular formula is C22H27F3N4O3. The van der Waals surface area contributed by atoms with Crippen molar-refractivity contribution in [3.8, 4) is 0 Å². The van der Waals surface area contributed by atoms with Gasteiger partial charge in [0.15, 0.2) is 0 Å². The number of carbonyl (C=O) groups is 2. The van der Waals surface area contributed by atoms with E-state index in [1.54, 1.807) is 0 Å². The van der Waals surface area contributed by atoms with Gasteiger partial charge in [0.25, 0.3) is 0 Å². The van der Waals surface area contributed by atoms with E-state index in [1.165, 1.54) is 24.1 Å². The van der Waals surface area contributed by atoms with Crippen LogP contribution in [0.5, 0.6) is 0 Å². The van der Waals surface area contributed by atoms with Gasteiger partial charge in [0.05, 0.1) is 11.7 Å². The highest BCUT2D eigenvalue weighted by Gasteiger charge is 2.38. The molecule has 1 aromatic heterocycles. The van der Waals surface area contributed by atoms with Gasteiger partial charge in [0, 0.05) is 38.8 Å². The van der Waals surface area contributed by atoms with Crippen LogP contribution in [0.25, 0.3) is 0 Å². The Labute approximate surface area is 184 Å². The summed E-state index contributed by atoms with van der Waals surface area (Å²) in [5.41, 5.74) is 2.60. The molecule has 1 aliphatic heterocycles. The molecule has 0 radical (unpaired) electrons. The summed E-state index contributed by atoms with van der Waals surface area (Å²) in [5.74, 6) is -1.90. The zero-order valence-corrected chi connectivity index (χ0v) is 17.6. The summed E-state index contributed by atoms with van der Waals surface area (Å²) in [4.78, 5) is 23.3. The van der Waals surface area contributed by atoms with Gasteiger partial charge in [-0.3, -0.25) is 14.4 Å². The highest BCUT2D eigenvalue weighted by molar-refractivity contribution is 5.76. The Balaban J connectivity index is 0.000000360. The number of hydrogen-bond acceptors (Lipinski definition) is 4. The van der Waals surface area contributed by atoms with Crippen LogP contribution in [-0.4, -0.2) is 50.9 Å². The molecule has 0 saturated heterocycles.